The molecule has 0 saturated heterocycles. The molecule has 19 heavy (non-hydrogen) atoms. The second-order valence-electron chi connectivity index (χ2n) is 4.51. The Morgan fingerprint density at radius 2 is 1.47 bits per heavy atom. The minimum atomic E-state index is 0.563. The summed E-state index contributed by atoms with van der Waals surface area (Å²) >= 11 is 0. The molecule has 0 unspecified atom stereocenters. The lowest BCUT2D eigenvalue weighted by Gasteiger charge is -2.13. The van der Waals surface area contributed by atoms with E-state index in [0.717, 1.165) is 6.42 Å². The molecule has 0 aliphatic heterocycles. The number of hydrogen-bond acceptors (Lipinski definition) is 2. The van der Waals surface area contributed by atoms with Gasteiger partial charge in [-0.05, 0) is 28.7 Å². The van der Waals surface area contributed by atoms with Crippen molar-refractivity contribution in [1.82, 2.24) is 0 Å². The fraction of sp³-hybridized carbons (Fsp3) is 0.294. The van der Waals surface area contributed by atoms with Crippen LogP contribution in [0.15, 0.2) is 48.5 Å². The largest absolute Gasteiger partial charge is 0.375 e. The Hall–Kier alpha value is -1.64. The van der Waals surface area contributed by atoms with Crippen LogP contribution in [0.2, 0.25) is 0 Å². The van der Waals surface area contributed by atoms with Crippen LogP contribution in [0.5, 0.6) is 0 Å². The maximum absolute atomic E-state index is 5.58. The number of hydrogen-bond donors (Lipinski definition) is 1. The minimum Gasteiger partial charge on any atom is -0.375 e. The van der Waals surface area contributed by atoms with Crippen molar-refractivity contribution in [2.45, 2.75) is 20.0 Å². The van der Waals surface area contributed by atoms with Gasteiger partial charge in [-0.1, -0.05) is 55.5 Å². The van der Waals surface area contributed by atoms with Crippen molar-refractivity contribution in [2.75, 3.05) is 13.2 Å². The van der Waals surface area contributed by atoms with Gasteiger partial charge in [0, 0.05) is 6.54 Å². The lowest BCUT2D eigenvalue weighted by Crippen LogP contribution is -2.08. The first-order chi connectivity index (χ1) is 9.36. The van der Waals surface area contributed by atoms with E-state index in [1.54, 1.807) is 0 Å². The number of rotatable bonds is 6. The highest BCUT2D eigenvalue weighted by Gasteiger charge is 2.07. The number of aryl methyl sites for hydroxylation is 1. The predicted octanol–water partition coefficient (Wildman–Crippen LogP) is 3.39. The molecule has 2 aromatic rings. The van der Waals surface area contributed by atoms with Gasteiger partial charge < -0.3 is 10.5 Å². The van der Waals surface area contributed by atoms with Gasteiger partial charge >= 0.3 is 0 Å². The van der Waals surface area contributed by atoms with Crippen molar-refractivity contribution >= 4 is 0 Å². The van der Waals surface area contributed by atoms with E-state index < -0.39 is 0 Å². The lowest BCUT2D eigenvalue weighted by molar-refractivity contribution is 0.128. The van der Waals surface area contributed by atoms with Crippen molar-refractivity contribution in [3.63, 3.8) is 0 Å². The van der Waals surface area contributed by atoms with Gasteiger partial charge in [-0.2, -0.15) is 0 Å². The maximum atomic E-state index is 5.58. The van der Waals surface area contributed by atoms with Gasteiger partial charge in [0.05, 0.1) is 13.2 Å². The second kappa shape index (κ2) is 7.07. The summed E-state index contributed by atoms with van der Waals surface area (Å²) in [6.07, 6.45) is 1.04. The molecule has 0 atom stereocenters. The smallest absolute Gasteiger partial charge is 0.0723 e. The van der Waals surface area contributed by atoms with Gasteiger partial charge in [-0.15, -0.1) is 0 Å². The molecule has 2 heteroatoms. The van der Waals surface area contributed by atoms with Crippen molar-refractivity contribution < 1.29 is 4.74 Å². The molecule has 0 amide bonds. The summed E-state index contributed by atoms with van der Waals surface area (Å²) in [6.45, 7) is 3.97. The quantitative estimate of drug-likeness (QED) is 0.803. The zero-order valence-electron chi connectivity index (χ0n) is 11.4. The van der Waals surface area contributed by atoms with Crippen LogP contribution in [-0.2, 0) is 17.8 Å². The zero-order chi connectivity index (χ0) is 13.5. The fourth-order valence-electron chi connectivity index (χ4n) is 2.27. The molecule has 0 radical (unpaired) electrons. The molecule has 0 bridgehead atoms. The van der Waals surface area contributed by atoms with Gasteiger partial charge in [0.2, 0.25) is 0 Å². The van der Waals surface area contributed by atoms with Crippen LogP contribution in [-0.4, -0.2) is 13.2 Å². The van der Waals surface area contributed by atoms with Crippen molar-refractivity contribution in [1.29, 1.82) is 0 Å². The number of nitrogens with two attached hydrogens (primary N) is 1. The van der Waals surface area contributed by atoms with Gasteiger partial charge in [0.1, 0.15) is 0 Å². The van der Waals surface area contributed by atoms with Crippen LogP contribution in [0, 0.1) is 0 Å². The SMILES string of the molecule is CCc1ccccc1-c1ccccc1COCCN. The predicted molar refractivity (Wildman–Crippen MR) is 80.0 cm³/mol. The molecule has 2 N–H and O–H groups in total. The van der Waals surface area contributed by atoms with Crippen molar-refractivity contribution in [2.24, 2.45) is 5.73 Å². The zero-order valence-corrected chi connectivity index (χ0v) is 11.4. The first-order valence-corrected chi connectivity index (χ1v) is 6.80. The third-order valence-electron chi connectivity index (χ3n) is 3.23. The monoisotopic (exact) mass is 255 g/mol. The molecule has 0 aliphatic carbocycles. The molecule has 100 valence electrons. The van der Waals surface area contributed by atoms with Crippen LogP contribution in [0.1, 0.15) is 18.1 Å². The Morgan fingerprint density at radius 1 is 0.895 bits per heavy atom. The summed E-state index contributed by atoms with van der Waals surface area (Å²) < 4.78 is 5.58. The molecule has 0 saturated carbocycles. The third kappa shape index (κ3) is 3.43. The van der Waals surface area contributed by atoms with E-state index in [0.29, 0.717) is 19.8 Å². The number of benzene rings is 2. The topological polar surface area (TPSA) is 35.2 Å². The van der Waals surface area contributed by atoms with Gasteiger partial charge in [-0.25, -0.2) is 0 Å². The number of ether oxygens (including phenoxy) is 1. The molecule has 0 aromatic heterocycles. The van der Waals surface area contributed by atoms with Crippen LogP contribution in [0.4, 0.5) is 0 Å². The Kier molecular flexibility index (Phi) is 5.13. The molecular weight excluding hydrogens is 234 g/mol. The average molecular weight is 255 g/mol. The normalized spacial score (nSPS) is 10.6. The van der Waals surface area contributed by atoms with E-state index in [2.05, 4.69) is 55.5 Å². The van der Waals surface area contributed by atoms with Crippen molar-refractivity contribution in [3.05, 3.63) is 59.7 Å². The van der Waals surface area contributed by atoms with Gasteiger partial charge in [0.25, 0.3) is 0 Å². The molecule has 0 spiro atoms. The van der Waals surface area contributed by atoms with Crippen LogP contribution in [0.25, 0.3) is 11.1 Å². The maximum Gasteiger partial charge on any atom is 0.0723 e. The summed E-state index contributed by atoms with van der Waals surface area (Å²) in [4.78, 5) is 0. The molecule has 0 fully saturated rings. The first kappa shape index (κ1) is 13.8. The summed E-state index contributed by atoms with van der Waals surface area (Å²) in [5.74, 6) is 0. The van der Waals surface area contributed by atoms with Gasteiger partial charge in [0.15, 0.2) is 0 Å². The fourth-order valence-corrected chi connectivity index (χ4v) is 2.27. The molecule has 2 rings (SSSR count). The van der Waals surface area contributed by atoms with E-state index in [-0.39, 0.29) is 0 Å². The Balaban J connectivity index is 2.33. The standard InChI is InChI=1S/C17H21NO/c1-2-14-7-3-5-9-16(14)17-10-6-4-8-15(17)13-19-12-11-18/h3-10H,2,11-13,18H2,1H3. The minimum absolute atomic E-state index is 0.563. The highest BCUT2D eigenvalue weighted by atomic mass is 16.5. The highest BCUT2D eigenvalue weighted by molar-refractivity contribution is 5.70. The van der Waals surface area contributed by atoms with Crippen LogP contribution in [0.3, 0.4) is 0 Å². The summed E-state index contributed by atoms with van der Waals surface area (Å²) in [5, 5.41) is 0. The molecule has 2 nitrogen and oxygen atoms in total. The van der Waals surface area contributed by atoms with Crippen molar-refractivity contribution in [3.8, 4) is 11.1 Å². The summed E-state index contributed by atoms with van der Waals surface area (Å²) in [6, 6.07) is 17.0. The van der Waals surface area contributed by atoms with E-state index in [4.69, 9.17) is 10.5 Å². The summed E-state index contributed by atoms with van der Waals surface area (Å²) in [5.41, 5.74) is 10.6. The second-order valence-corrected chi connectivity index (χ2v) is 4.51. The van der Waals surface area contributed by atoms with E-state index in [1.807, 2.05) is 0 Å². The van der Waals surface area contributed by atoms with E-state index in [1.165, 1.54) is 22.3 Å². The van der Waals surface area contributed by atoms with Gasteiger partial charge in [-0.3, -0.25) is 0 Å². The Labute approximate surface area is 115 Å². The van der Waals surface area contributed by atoms with E-state index in [9.17, 15) is 0 Å². The molecular formula is C17H21NO. The Bertz CT molecular complexity index is 522. The first-order valence-electron chi connectivity index (χ1n) is 6.80. The molecule has 0 aliphatic rings. The third-order valence-corrected chi connectivity index (χ3v) is 3.23. The summed E-state index contributed by atoms with van der Waals surface area (Å²) in [7, 11) is 0. The van der Waals surface area contributed by atoms with Crippen LogP contribution >= 0.6 is 0 Å². The molecule has 2 aromatic carbocycles. The lowest BCUT2D eigenvalue weighted by atomic mass is 9.94. The van der Waals surface area contributed by atoms with E-state index >= 15 is 0 Å². The average Bonchev–Trinajstić information content (AvgIpc) is 2.48. The molecule has 0 heterocycles. The highest BCUT2D eigenvalue weighted by Crippen LogP contribution is 2.27. The van der Waals surface area contributed by atoms with Crippen LogP contribution < -0.4 is 5.73 Å². The Morgan fingerprint density at radius 3 is 2.11 bits per heavy atom.